The van der Waals surface area contributed by atoms with Crippen LogP contribution < -0.4 is 10.1 Å². The van der Waals surface area contributed by atoms with E-state index in [0.717, 1.165) is 30.1 Å². The molecule has 0 radical (unpaired) electrons. The minimum absolute atomic E-state index is 0.245. The largest absolute Gasteiger partial charge is 0.489 e. The molecule has 1 aromatic heterocycles. The van der Waals surface area contributed by atoms with Crippen LogP contribution in [-0.4, -0.2) is 4.98 Å². The molecule has 3 rings (SSSR count). The van der Waals surface area contributed by atoms with Gasteiger partial charge in [-0.1, -0.05) is 30.3 Å². The van der Waals surface area contributed by atoms with Crippen LogP contribution in [0.15, 0.2) is 72.9 Å². The fourth-order valence-corrected chi connectivity index (χ4v) is 2.33. The molecule has 0 saturated carbocycles. The number of nitrogens with one attached hydrogen (secondary N) is 1. The molecule has 3 nitrogen and oxygen atoms in total. The number of halogens is 1. The standard InChI is InChI=1S/C20H19FN2O/c21-18-5-3-4-17(12-18)15-24-20-9-7-16(8-10-20)13-22-14-19-6-1-2-11-23-19/h1-12,22H,13-15H2. The third-order valence-corrected chi connectivity index (χ3v) is 3.58. The van der Waals surface area contributed by atoms with Gasteiger partial charge in [-0.05, 0) is 47.5 Å². The Bertz CT molecular complexity index is 760. The smallest absolute Gasteiger partial charge is 0.123 e. The summed E-state index contributed by atoms with van der Waals surface area (Å²) in [4.78, 5) is 4.27. The minimum Gasteiger partial charge on any atom is -0.489 e. The Morgan fingerprint density at radius 2 is 1.75 bits per heavy atom. The van der Waals surface area contributed by atoms with Crippen molar-refractivity contribution in [2.24, 2.45) is 0 Å². The lowest BCUT2D eigenvalue weighted by Gasteiger charge is -2.08. The molecule has 0 aliphatic carbocycles. The third-order valence-electron chi connectivity index (χ3n) is 3.58. The first kappa shape index (κ1) is 16.1. The van der Waals surface area contributed by atoms with Crippen molar-refractivity contribution in [2.45, 2.75) is 19.7 Å². The van der Waals surface area contributed by atoms with Crippen LogP contribution in [0.25, 0.3) is 0 Å². The van der Waals surface area contributed by atoms with Crippen molar-refractivity contribution in [2.75, 3.05) is 0 Å². The number of pyridine rings is 1. The molecule has 3 aromatic rings. The SMILES string of the molecule is Fc1cccc(COc2ccc(CNCc3ccccn3)cc2)c1. The lowest BCUT2D eigenvalue weighted by molar-refractivity contribution is 0.305. The normalized spacial score (nSPS) is 10.5. The Balaban J connectivity index is 1.46. The molecule has 0 bridgehead atoms. The highest BCUT2D eigenvalue weighted by molar-refractivity contribution is 5.28. The maximum atomic E-state index is 13.1. The van der Waals surface area contributed by atoms with Crippen LogP contribution in [0.4, 0.5) is 4.39 Å². The van der Waals surface area contributed by atoms with Gasteiger partial charge < -0.3 is 10.1 Å². The summed E-state index contributed by atoms with van der Waals surface area (Å²) in [6.07, 6.45) is 1.79. The molecule has 0 aliphatic rings. The number of hydrogen-bond acceptors (Lipinski definition) is 3. The summed E-state index contributed by atoms with van der Waals surface area (Å²) >= 11 is 0. The van der Waals surface area contributed by atoms with Crippen molar-refractivity contribution in [3.8, 4) is 5.75 Å². The summed E-state index contributed by atoms with van der Waals surface area (Å²) in [6, 6.07) is 20.2. The van der Waals surface area contributed by atoms with Crippen LogP contribution in [0.2, 0.25) is 0 Å². The van der Waals surface area contributed by atoms with Gasteiger partial charge in [-0.2, -0.15) is 0 Å². The van der Waals surface area contributed by atoms with Gasteiger partial charge >= 0.3 is 0 Å². The topological polar surface area (TPSA) is 34.1 Å². The van der Waals surface area contributed by atoms with Crippen molar-refractivity contribution in [1.29, 1.82) is 0 Å². The van der Waals surface area contributed by atoms with E-state index in [9.17, 15) is 4.39 Å². The summed E-state index contributed by atoms with van der Waals surface area (Å²) in [5.74, 6) is 0.526. The van der Waals surface area contributed by atoms with Crippen molar-refractivity contribution in [1.82, 2.24) is 10.3 Å². The summed E-state index contributed by atoms with van der Waals surface area (Å²) in [5.41, 5.74) is 3.01. The summed E-state index contributed by atoms with van der Waals surface area (Å²) < 4.78 is 18.8. The second kappa shape index (κ2) is 8.22. The zero-order valence-electron chi connectivity index (χ0n) is 13.3. The number of aromatic nitrogens is 1. The summed E-state index contributed by atoms with van der Waals surface area (Å²) in [7, 11) is 0. The Kier molecular flexibility index (Phi) is 5.53. The van der Waals surface area contributed by atoms with E-state index in [-0.39, 0.29) is 5.82 Å². The quantitative estimate of drug-likeness (QED) is 0.711. The maximum absolute atomic E-state index is 13.1. The first-order valence-electron chi connectivity index (χ1n) is 7.86. The maximum Gasteiger partial charge on any atom is 0.123 e. The van der Waals surface area contributed by atoms with Gasteiger partial charge in [0.25, 0.3) is 0 Å². The van der Waals surface area contributed by atoms with Gasteiger partial charge in [0.1, 0.15) is 18.2 Å². The van der Waals surface area contributed by atoms with E-state index in [4.69, 9.17) is 4.74 Å². The summed E-state index contributed by atoms with van der Waals surface area (Å²) in [6.45, 7) is 1.86. The van der Waals surface area contributed by atoms with Crippen molar-refractivity contribution >= 4 is 0 Å². The second-order valence-corrected chi connectivity index (χ2v) is 5.49. The first-order valence-corrected chi connectivity index (χ1v) is 7.86. The number of nitrogens with zero attached hydrogens (tertiary/aromatic N) is 1. The van der Waals surface area contributed by atoms with E-state index in [1.165, 1.54) is 17.7 Å². The fourth-order valence-electron chi connectivity index (χ4n) is 2.33. The van der Waals surface area contributed by atoms with Crippen LogP contribution in [-0.2, 0) is 19.7 Å². The zero-order chi connectivity index (χ0) is 16.6. The number of benzene rings is 2. The average Bonchev–Trinajstić information content (AvgIpc) is 2.62. The van der Waals surface area contributed by atoms with E-state index < -0.39 is 0 Å². The van der Waals surface area contributed by atoms with Gasteiger partial charge in [0.2, 0.25) is 0 Å². The van der Waals surface area contributed by atoms with Crippen LogP contribution in [0.5, 0.6) is 5.75 Å². The monoisotopic (exact) mass is 322 g/mol. The van der Waals surface area contributed by atoms with Crippen LogP contribution in [0.1, 0.15) is 16.8 Å². The van der Waals surface area contributed by atoms with Crippen molar-refractivity contribution in [3.05, 3.63) is 95.6 Å². The van der Waals surface area contributed by atoms with Crippen LogP contribution >= 0.6 is 0 Å². The van der Waals surface area contributed by atoms with E-state index in [1.807, 2.05) is 48.5 Å². The highest BCUT2D eigenvalue weighted by Crippen LogP contribution is 2.14. The summed E-state index contributed by atoms with van der Waals surface area (Å²) in [5, 5.41) is 3.36. The van der Waals surface area contributed by atoms with Gasteiger partial charge in [-0.15, -0.1) is 0 Å². The molecular formula is C20H19FN2O. The van der Waals surface area contributed by atoms with E-state index >= 15 is 0 Å². The molecule has 0 fully saturated rings. The molecule has 4 heteroatoms. The number of hydrogen-bond donors (Lipinski definition) is 1. The van der Waals surface area contributed by atoms with Crippen LogP contribution in [0.3, 0.4) is 0 Å². The van der Waals surface area contributed by atoms with Crippen molar-refractivity contribution < 1.29 is 9.13 Å². The molecule has 1 heterocycles. The Hall–Kier alpha value is -2.72. The predicted octanol–water partition coefficient (Wildman–Crippen LogP) is 4.09. The molecule has 24 heavy (non-hydrogen) atoms. The lowest BCUT2D eigenvalue weighted by atomic mass is 10.2. The van der Waals surface area contributed by atoms with Gasteiger partial charge in [-0.25, -0.2) is 4.39 Å². The molecule has 0 unspecified atom stereocenters. The van der Waals surface area contributed by atoms with E-state index in [2.05, 4.69) is 10.3 Å². The van der Waals surface area contributed by atoms with Crippen molar-refractivity contribution in [3.63, 3.8) is 0 Å². The van der Waals surface area contributed by atoms with Crippen LogP contribution in [0, 0.1) is 5.82 Å². The lowest BCUT2D eigenvalue weighted by Crippen LogP contribution is -2.13. The molecule has 0 atom stereocenters. The van der Waals surface area contributed by atoms with Gasteiger partial charge in [0.15, 0.2) is 0 Å². The Morgan fingerprint density at radius 1 is 0.875 bits per heavy atom. The zero-order valence-corrected chi connectivity index (χ0v) is 13.3. The highest BCUT2D eigenvalue weighted by atomic mass is 19.1. The van der Waals surface area contributed by atoms with Gasteiger partial charge in [0.05, 0.1) is 5.69 Å². The molecule has 0 spiro atoms. The Morgan fingerprint density at radius 3 is 2.50 bits per heavy atom. The Labute approximate surface area is 141 Å². The first-order chi connectivity index (χ1) is 11.8. The minimum atomic E-state index is -0.245. The molecular weight excluding hydrogens is 303 g/mol. The molecule has 122 valence electrons. The predicted molar refractivity (Wildman–Crippen MR) is 92.0 cm³/mol. The van der Waals surface area contributed by atoms with E-state index in [0.29, 0.717) is 6.61 Å². The molecule has 0 saturated heterocycles. The highest BCUT2D eigenvalue weighted by Gasteiger charge is 1.99. The molecule has 0 amide bonds. The van der Waals surface area contributed by atoms with Gasteiger partial charge in [0, 0.05) is 19.3 Å². The molecule has 2 aromatic carbocycles. The second-order valence-electron chi connectivity index (χ2n) is 5.49. The van der Waals surface area contributed by atoms with E-state index in [1.54, 1.807) is 12.3 Å². The average molecular weight is 322 g/mol. The number of rotatable bonds is 7. The molecule has 1 N–H and O–H groups in total. The third kappa shape index (κ3) is 4.89. The van der Waals surface area contributed by atoms with Gasteiger partial charge in [-0.3, -0.25) is 4.98 Å². The molecule has 0 aliphatic heterocycles. The number of ether oxygens (including phenoxy) is 1. The fraction of sp³-hybridized carbons (Fsp3) is 0.150.